The minimum atomic E-state index is -0.520. The van der Waals surface area contributed by atoms with Gasteiger partial charge in [-0.1, -0.05) is 6.92 Å². The fourth-order valence-electron chi connectivity index (χ4n) is 2.87. The predicted molar refractivity (Wildman–Crippen MR) is 76.9 cm³/mol. The molecule has 0 saturated carbocycles. The van der Waals surface area contributed by atoms with Crippen LogP contribution in [0.4, 0.5) is 0 Å². The van der Waals surface area contributed by atoms with E-state index in [9.17, 15) is 9.59 Å². The number of likely N-dealkylation sites (N-methyl/N-ethyl adjacent to an activating group) is 1. The van der Waals surface area contributed by atoms with E-state index < -0.39 is 5.60 Å². The molecule has 0 radical (unpaired) electrons. The molecule has 2 saturated heterocycles. The van der Waals surface area contributed by atoms with Crippen molar-refractivity contribution in [3.63, 3.8) is 0 Å². The van der Waals surface area contributed by atoms with Gasteiger partial charge < -0.3 is 19.7 Å². The van der Waals surface area contributed by atoms with Crippen LogP contribution in [-0.4, -0.2) is 86.8 Å². The summed E-state index contributed by atoms with van der Waals surface area (Å²) in [6.07, 6.45) is 0.499. The van der Waals surface area contributed by atoms with Gasteiger partial charge in [0, 0.05) is 33.1 Å². The number of hydrogen-bond acceptors (Lipinski definition) is 5. The lowest BCUT2D eigenvalue weighted by atomic mass is 10.0. The van der Waals surface area contributed by atoms with Crippen molar-refractivity contribution < 1.29 is 19.1 Å². The van der Waals surface area contributed by atoms with E-state index in [2.05, 4.69) is 5.32 Å². The maximum Gasteiger partial charge on any atom is 0.233 e. The molecule has 0 bridgehead atoms. The van der Waals surface area contributed by atoms with Crippen molar-refractivity contribution in [2.24, 2.45) is 0 Å². The first-order valence-electron chi connectivity index (χ1n) is 7.51. The van der Waals surface area contributed by atoms with Crippen LogP contribution in [-0.2, 0) is 19.1 Å². The highest BCUT2D eigenvalue weighted by Gasteiger charge is 2.41. The van der Waals surface area contributed by atoms with Gasteiger partial charge in [-0.3, -0.25) is 14.5 Å². The zero-order valence-electron chi connectivity index (χ0n) is 12.9. The van der Waals surface area contributed by atoms with Gasteiger partial charge >= 0.3 is 0 Å². The molecule has 1 atom stereocenters. The summed E-state index contributed by atoms with van der Waals surface area (Å²) in [5.41, 5.74) is -0.520. The molecule has 2 aliphatic heterocycles. The van der Waals surface area contributed by atoms with Gasteiger partial charge in [0.25, 0.3) is 0 Å². The second kappa shape index (κ2) is 7.20. The summed E-state index contributed by atoms with van der Waals surface area (Å²) >= 11 is 0. The van der Waals surface area contributed by atoms with Crippen LogP contribution in [0.15, 0.2) is 0 Å². The Morgan fingerprint density at radius 2 is 2.05 bits per heavy atom. The zero-order valence-corrected chi connectivity index (χ0v) is 12.9. The number of morpholine rings is 1. The van der Waals surface area contributed by atoms with Gasteiger partial charge in [0.15, 0.2) is 0 Å². The summed E-state index contributed by atoms with van der Waals surface area (Å²) in [7, 11) is 1.63. The van der Waals surface area contributed by atoms with E-state index in [1.807, 2.05) is 16.7 Å². The molecule has 7 nitrogen and oxygen atoms in total. The molecule has 0 aliphatic carbocycles. The van der Waals surface area contributed by atoms with Gasteiger partial charge in [-0.2, -0.15) is 0 Å². The van der Waals surface area contributed by atoms with Crippen LogP contribution in [0.1, 0.15) is 13.3 Å². The van der Waals surface area contributed by atoms with E-state index in [1.54, 1.807) is 7.05 Å². The molecular formula is C14H25N3O4. The fourth-order valence-corrected chi connectivity index (χ4v) is 2.87. The largest absolute Gasteiger partial charge is 0.377 e. The van der Waals surface area contributed by atoms with E-state index in [-0.39, 0.29) is 11.8 Å². The number of carbonyl (C=O) groups is 2. The number of ether oxygens (including phenoxy) is 2. The maximum atomic E-state index is 11.9. The standard InChI is InChI=1S/C14H25N3O4/c1-3-13(19)17-5-7-21-14(10-17)9-16(4-6-20-11-14)8-12(18)15-2/h3-11H2,1-2H3,(H,15,18). The molecule has 7 heteroatoms. The smallest absolute Gasteiger partial charge is 0.233 e. The van der Waals surface area contributed by atoms with E-state index in [1.165, 1.54) is 0 Å². The number of rotatable bonds is 3. The molecular weight excluding hydrogens is 274 g/mol. The predicted octanol–water partition coefficient (Wildman–Crippen LogP) is -0.928. The minimum absolute atomic E-state index is 0.0237. The topological polar surface area (TPSA) is 71.1 Å². The van der Waals surface area contributed by atoms with Gasteiger partial charge in [-0.15, -0.1) is 0 Å². The molecule has 0 aromatic rings. The minimum Gasteiger partial charge on any atom is -0.377 e. The second-order valence-electron chi connectivity index (χ2n) is 5.64. The Morgan fingerprint density at radius 1 is 1.24 bits per heavy atom. The molecule has 1 N–H and O–H groups in total. The Hall–Kier alpha value is -1.18. The Bertz CT molecular complexity index is 390. The highest BCUT2D eigenvalue weighted by atomic mass is 16.5. The van der Waals surface area contributed by atoms with Crippen LogP contribution < -0.4 is 5.32 Å². The first-order chi connectivity index (χ1) is 10.1. The first kappa shape index (κ1) is 16.2. The van der Waals surface area contributed by atoms with Gasteiger partial charge in [0.2, 0.25) is 11.8 Å². The molecule has 1 spiro atoms. The summed E-state index contributed by atoms with van der Waals surface area (Å²) in [4.78, 5) is 27.4. The van der Waals surface area contributed by atoms with Crippen molar-refractivity contribution in [1.82, 2.24) is 15.1 Å². The van der Waals surface area contributed by atoms with E-state index in [0.29, 0.717) is 59.0 Å². The van der Waals surface area contributed by atoms with Crippen molar-refractivity contribution in [3.8, 4) is 0 Å². The van der Waals surface area contributed by atoms with E-state index in [0.717, 1.165) is 0 Å². The molecule has 0 aromatic carbocycles. The van der Waals surface area contributed by atoms with Crippen molar-refractivity contribution in [3.05, 3.63) is 0 Å². The van der Waals surface area contributed by atoms with Crippen molar-refractivity contribution in [2.45, 2.75) is 18.9 Å². The average Bonchev–Trinajstić information content (AvgIpc) is 2.68. The molecule has 2 amide bonds. The van der Waals surface area contributed by atoms with Crippen LogP contribution in [0.5, 0.6) is 0 Å². The van der Waals surface area contributed by atoms with Gasteiger partial charge in [0.05, 0.1) is 32.9 Å². The number of hydrogen-bond donors (Lipinski definition) is 1. The monoisotopic (exact) mass is 299 g/mol. The van der Waals surface area contributed by atoms with Crippen LogP contribution in [0.25, 0.3) is 0 Å². The van der Waals surface area contributed by atoms with E-state index in [4.69, 9.17) is 9.47 Å². The third-order valence-corrected chi connectivity index (χ3v) is 3.98. The lowest BCUT2D eigenvalue weighted by molar-refractivity contribution is -0.161. The number of nitrogens with one attached hydrogen (secondary N) is 1. The van der Waals surface area contributed by atoms with Gasteiger partial charge in [0.1, 0.15) is 5.60 Å². The summed E-state index contributed by atoms with van der Waals surface area (Å²) in [6, 6.07) is 0. The average molecular weight is 299 g/mol. The highest BCUT2D eigenvalue weighted by molar-refractivity contribution is 5.77. The molecule has 2 heterocycles. The van der Waals surface area contributed by atoms with Gasteiger partial charge in [-0.25, -0.2) is 0 Å². The Morgan fingerprint density at radius 3 is 2.76 bits per heavy atom. The Labute approximate surface area is 125 Å². The molecule has 1 unspecified atom stereocenters. The third-order valence-electron chi connectivity index (χ3n) is 3.98. The normalized spacial score (nSPS) is 27.4. The molecule has 2 fully saturated rings. The zero-order chi connectivity index (χ0) is 15.3. The van der Waals surface area contributed by atoms with Crippen LogP contribution in [0.2, 0.25) is 0 Å². The van der Waals surface area contributed by atoms with Crippen molar-refractivity contribution >= 4 is 11.8 Å². The SMILES string of the molecule is CCC(=O)N1CCOC2(COCCN(CC(=O)NC)C2)C1. The Balaban J connectivity index is 2.04. The molecule has 120 valence electrons. The number of carbonyl (C=O) groups excluding carboxylic acids is 2. The summed E-state index contributed by atoms with van der Waals surface area (Å²) in [5.74, 6) is 0.115. The molecule has 2 rings (SSSR count). The number of amides is 2. The second-order valence-corrected chi connectivity index (χ2v) is 5.64. The quantitative estimate of drug-likeness (QED) is 0.729. The highest BCUT2D eigenvalue weighted by Crippen LogP contribution is 2.23. The van der Waals surface area contributed by atoms with E-state index >= 15 is 0 Å². The van der Waals surface area contributed by atoms with Gasteiger partial charge in [-0.05, 0) is 0 Å². The molecule has 2 aliphatic rings. The third kappa shape index (κ3) is 4.15. The molecule has 0 aromatic heterocycles. The van der Waals surface area contributed by atoms with Crippen molar-refractivity contribution in [1.29, 1.82) is 0 Å². The number of nitrogens with zero attached hydrogens (tertiary/aromatic N) is 2. The molecule has 21 heavy (non-hydrogen) atoms. The van der Waals surface area contributed by atoms with Crippen LogP contribution in [0.3, 0.4) is 0 Å². The van der Waals surface area contributed by atoms with Crippen LogP contribution >= 0.6 is 0 Å². The maximum absolute atomic E-state index is 11.9. The first-order valence-corrected chi connectivity index (χ1v) is 7.51. The summed E-state index contributed by atoms with van der Waals surface area (Å²) in [6.45, 7) is 6.21. The lowest BCUT2D eigenvalue weighted by Gasteiger charge is -2.43. The van der Waals surface area contributed by atoms with Crippen molar-refractivity contribution in [2.75, 3.05) is 59.6 Å². The lowest BCUT2D eigenvalue weighted by Crippen LogP contribution is -2.60. The van der Waals surface area contributed by atoms with Crippen LogP contribution in [0, 0.1) is 0 Å². The Kier molecular flexibility index (Phi) is 5.55. The summed E-state index contributed by atoms with van der Waals surface area (Å²) < 4.78 is 11.6. The summed E-state index contributed by atoms with van der Waals surface area (Å²) in [5, 5.41) is 2.63. The fraction of sp³-hybridized carbons (Fsp3) is 0.857.